The number of rotatable bonds is 5. The van der Waals surface area contributed by atoms with E-state index >= 15 is 0 Å². The second-order valence-electron chi connectivity index (χ2n) is 5.93. The SMILES string of the molecule is Cc1ccccc1NCCc1[nH]c(-c2c(F)cccc2F)cc1C. The van der Waals surface area contributed by atoms with Crippen molar-refractivity contribution in [2.45, 2.75) is 20.3 Å². The van der Waals surface area contributed by atoms with Crippen molar-refractivity contribution in [1.82, 2.24) is 4.98 Å². The van der Waals surface area contributed by atoms with Crippen LogP contribution in [0.4, 0.5) is 14.5 Å². The highest BCUT2D eigenvalue weighted by Gasteiger charge is 2.14. The molecule has 2 nitrogen and oxygen atoms in total. The van der Waals surface area contributed by atoms with Crippen LogP contribution in [0.25, 0.3) is 11.3 Å². The van der Waals surface area contributed by atoms with Crippen LogP contribution in [0.3, 0.4) is 0 Å². The van der Waals surface area contributed by atoms with E-state index in [4.69, 9.17) is 0 Å². The number of H-pyrrole nitrogens is 1. The van der Waals surface area contributed by atoms with Gasteiger partial charge in [-0.3, -0.25) is 0 Å². The van der Waals surface area contributed by atoms with Crippen LogP contribution in [0.5, 0.6) is 0 Å². The Morgan fingerprint density at radius 1 is 0.917 bits per heavy atom. The molecule has 1 heterocycles. The van der Waals surface area contributed by atoms with E-state index in [9.17, 15) is 8.78 Å². The number of anilines is 1. The summed E-state index contributed by atoms with van der Waals surface area (Å²) >= 11 is 0. The lowest BCUT2D eigenvalue weighted by molar-refractivity contribution is 0.589. The maximum Gasteiger partial charge on any atom is 0.135 e. The van der Waals surface area contributed by atoms with Gasteiger partial charge in [0.15, 0.2) is 0 Å². The second kappa shape index (κ2) is 6.87. The monoisotopic (exact) mass is 326 g/mol. The maximum absolute atomic E-state index is 13.9. The van der Waals surface area contributed by atoms with Gasteiger partial charge in [-0.05, 0) is 49.2 Å². The third-order valence-electron chi connectivity index (χ3n) is 4.19. The molecule has 4 heteroatoms. The first-order valence-corrected chi connectivity index (χ1v) is 7.98. The van der Waals surface area contributed by atoms with Gasteiger partial charge in [0, 0.05) is 24.3 Å². The zero-order valence-electron chi connectivity index (χ0n) is 13.8. The molecule has 0 unspecified atom stereocenters. The van der Waals surface area contributed by atoms with Crippen LogP contribution in [0.2, 0.25) is 0 Å². The zero-order chi connectivity index (χ0) is 17.1. The minimum Gasteiger partial charge on any atom is -0.384 e. The highest BCUT2D eigenvalue weighted by atomic mass is 19.1. The predicted molar refractivity (Wildman–Crippen MR) is 94.3 cm³/mol. The van der Waals surface area contributed by atoms with Crippen LogP contribution in [-0.2, 0) is 6.42 Å². The van der Waals surface area contributed by atoms with Crippen LogP contribution in [-0.4, -0.2) is 11.5 Å². The molecule has 0 saturated heterocycles. The van der Waals surface area contributed by atoms with Crippen molar-refractivity contribution in [2.24, 2.45) is 0 Å². The Bertz CT molecular complexity index is 832. The lowest BCUT2D eigenvalue weighted by Gasteiger charge is -2.09. The van der Waals surface area contributed by atoms with E-state index in [2.05, 4.69) is 23.3 Å². The van der Waals surface area contributed by atoms with Crippen molar-refractivity contribution >= 4 is 5.69 Å². The average molecular weight is 326 g/mol. The van der Waals surface area contributed by atoms with Crippen LogP contribution in [0.1, 0.15) is 16.8 Å². The van der Waals surface area contributed by atoms with Crippen LogP contribution in [0.15, 0.2) is 48.5 Å². The quantitative estimate of drug-likeness (QED) is 0.660. The van der Waals surface area contributed by atoms with Gasteiger partial charge in [-0.25, -0.2) is 8.78 Å². The van der Waals surface area contributed by atoms with Crippen molar-refractivity contribution in [2.75, 3.05) is 11.9 Å². The summed E-state index contributed by atoms with van der Waals surface area (Å²) in [6.07, 6.45) is 0.746. The Morgan fingerprint density at radius 3 is 2.33 bits per heavy atom. The molecule has 24 heavy (non-hydrogen) atoms. The van der Waals surface area contributed by atoms with Gasteiger partial charge in [0.25, 0.3) is 0 Å². The molecule has 1 aromatic heterocycles. The van der Waals surface area contributed by atoms with Crippen LogP contribution >= 0.6 is 0 Å². The number of aryl methyl sites for hydroxylation is 2. The Labute approximate surface area is 140 Å². The summed E-state index contributed by atoms with van der Waals surface area (Å²) in [5.41, 5.74) is 4.75. The van der Waals surface area contributed by atoms with E-state index in [0.717, 1.165) is 29.9 Å². The Morgan fingerprint density at radius 2 is 1.62 bits per heavy atom. The van der Waals surface area contributed by atoms with E-state index in [1.54, 1.807) is 6.07 Å². The Hall–Kier alpha value is -2.62. The Balaban J connectivity index is 1.74. The molecule has 0 aliphatic carbocycles. The lowest BCUT2D eigenvalue weighted by atomic mass is 10.1. The number of aromatic nitrogens is 1. The number of nitrogens with one attached hydrogen (secondary N) is 2. The highest BCUT2D eigenvalue weighted by molar-refractivity contribution is 5.63. The fraction of sp³-hybridized carbons (Fsp3) is 0.200. The minimum absolute atomic E-state index is 0.00119. The standard InChI is InChI=1S/C20H20F2N2/c1-13-6-3-4-9-17(13)23-11-10-18-14(2)12-19(24-18)20-15(21)7-5-8-16(20)22/h3-9,12,23-24H,10-11H2,1-2H3. The molecule has 2 N–H and O–H groups in total. The first-order valence-electron chi connectivity index (χ1n) is 7.98. The summed E-state index contributed by atoms with van der Waals surface area (Å²) in [7, 11) is 0. The number of para-hydroxylation sites is 1. The molecule has 124 valence electrons. The molecule has 3 rings (SSSR count). The largest absolute Gasteiger partial charge is 0.384 e. The van der Waals surface area contributed by atoms with Crippen LogP contribution < -0.4 is 5.32 Å². The van der Waals surface area contributed by atoms with E-state index in [0.29, 0.717) is 5.69 Å². The number of hydrogen-bond acceptors (Lipinski definition) is 1. The summed E-state index contributed by atoms with van der Waals surface area (Å²) in [6.45, 7) is 4.74. The molecule has 0 fully saturated rings. The summed E-state index contributed by atoms with van der Waals surface area (Å²) < 4.78 is 27.8. The van der Waals surface area contributed by atoms with Crippen molar-refractivity contribution in [1.29, 1.82) is 0 Å². The highest BCUT2D eigenvalue weighted by Crippen LogP contribution is 2.27. The topological polar surface area (TPSA) is 27.8 Å². The van der Waals surface area contributed by atoms with E-state index in [-0.39, 0.29) is 5.56 Å². The van der Waals surface area contributed by atoms with Gasteiger partial charge in [-0.1, -0.05) is 24.3 Å². The molecular weight excluding hydrogens is 306 g/mol. The molecule has 2 aromatic carbocycles. The molecule has 0 radical (unpaired) electrons. The van der Waals surface area contributed by atoms with Gasteiger partial charge < -0.3 is 10.3 Å². The second-order valence-corrected chi connectivity index (χ2v) is 5.93. The number of halogens is 2. The van der Waals surface area contributed by atoms with Gasteiger partial charge in [0.2, 0.25) is 0 Å². The molecule has 3 aromatic rings. The Kier molecular flexibility index (Phi) is 4.65. The van der Waals surface area contributed by atoms with Gasteiger partial charge >= 0.3 is 0 Å². The molecule has 0 saturated carbocycles. The van der Waals surface area contributed by atoms with E-state index in [1.165, 1.54) is 23.8 Å². The van der Waals surface area contributed by atoms with Crippen molar-refractivity contribution in [3.05, 3.63) is 77.0 Å². The number of aromatic amines is 1. The first kappa shape index (κ1) is 16.2. The molecule has 0 aliphatic heterocycles. The molecule has 0 spiro atoms. The summed E-state index contributed by atoms with van der Waals surface area (Å²) in [5, 5.41) is 3.39. The van der Waals surface area contributed by atoms with Gasteiger partial charge in [0.05, 0.1) is 11.3 Å². The molecule has 0 bridgehead atoms. The van der Waals surface area contributed by atoms with E-state index in [1.807, 2.05) is 25.1 Å². The fourth-order valence-corrected chi connectivity index (χ4v) is 2.84. The molecule has 0 aliphatic rings. The minimum atomic E-state index is -0.555. The van der Waals surface area contributed by atoms with Gasteiger partial charge in [-0.15, -0.1) is 0 Å². The average Bonchev–Trinajstić information content (AvgIpc) is 2.90. The fourth-order valence-electron chi connectivity index (χ4n) is 2.84. The molecular formula is C20H20F2N2. The van der Waals surface area contributed by atoms with Gasteiger partial charge in [0.1, 0.15) is 11.6 Å². The normalized spacial score (nSPS) is 10.8. The predicted octanol–water partition coefficient (Wildman–Crippen LogP) is 5.23. The van der Waals surface area contributed by atoms with Crippen LogP contribution in [0, 0.1) is 25.5 Å². The molecule has 0 amide bonds. The number of benzene rings is 2. The third-order valence-corrected chi connectivity index (χ3v) is 4.19. The van der Waals surface area contributed by atoms with Crippen molar-refractivity contribution < 1.29 is 8.78 Å². The lowest BCUT2D eigenvalue weighted by Crippen LogP contribution is -2.06. The smallest absolute Gasteiger partial charge is 0.135 e. The first-order chi connectivity index (χ1) is 11.6. The molecule has 0 atom stereocenters. The maximum atomic E-state index is 13.9. The summed E-state index contributed by atoms with van der Waals surface area (Å²) in [6, 6.07) is 13.8. The zero-order valence-corrected chi connectivity index (χ0v) is 13.8. The van der Waals surface area contributed by atoms with Gasteiger partial charge in [-0.2, -0.15) is 0 Å². The number of hydrogen-bond donors (Lipinski definition) is 2. The van der Waals surface area contributed by atoms with E-state index < -0.39 is 11.6 Å². The van der Waals surface area contributed by atoms with Crippen molar-refractivity contribution in [3.63, 3.8) is 0 Å². The van der Waals surface area contributed by atoms with Crippen molar-refractivity contribution in [3.8, 4) is 11.3 Å². The third kappa shape index (κ3) is 3.32. The summed E-state index contributed by atoms with van der Waals surface area (Å²) in [4.78, 5) is 3.16. The summed E-state index contributed by atoms with van der Waals surface area (Å²) in [5.74, 6) is -1.11.